The minimum Gasteiger partial charge on any atom is -0.390 e. The zero-order valence-electron chi connectivity index (χ0n) is 19.5. The lowest BCUT2D eigenvalue weighted by molar-refractivity contribution is -0.179. The Morgan fingerprint density at radius 1 is 1.06 bits per heavy atom. The number of nitrogens with one attached hydrogen (secondary N) is 1. The Balaban J connectivity index is 1.29. The maximum atomic E-state index is 14.4. The van der Waals surface area contributed by atoms with Crippen molar-refractivity contribution in [2.45, 2.75) is 81.5 Å². The Labute approximate surface area is 200 Å². The molecule has 2 aliphatic heterocycles. The van der Waals surface area contributed by atoms with Crippen molar-refractivity contribution < 1.29 is 9.90 Å². The van der Waals surface area contributed by atoms with Crippen molar-refractivity contribution in [3.05, 3.63) is 36.4 Å². The Hall–Kier alpha value is -2.65. The second kappa shape index (κ2) is 7.18. The maximum Gasteiger partial charge on any atom is 0.247 e. The molecule has 9 rings (SSSR count). The Morgan fingerprint density at radius 2 is 1.82 bits per heavy atom. The summed E-state index contributed by atoms with van der Waals surface area (Å²) in [7, 11) is 0. The molecular weight excluding hydrogens is 424 g/mol. The number of pyridine rings is 1. The van der Waals surface area contributed by atoms with E-state index in [1.165, 1.54) is 6.42 Å². The third kappa shape index (κ3) is 3.09. The average Bonchev–Trinajstić information content (AvgIpc) is 2.79. The number of piperidine rings is 2. The van der Waals surface area contributed by atoms with E-state index in [9.17, 15) is 15.2 Å². The van der Waals surface area contributed by atoms with Gasteiger partial charge in [0.1, 0.15) is 17.9 Å². The first-order chi connectivity index (χ1) is 16.4. The van der Waals surface area contributed by atoms with E-state index in [1.807, 2.05) is 35.2 Å². The predicted octanol–water partition coefficient (Wildman–Crippen LogP) is 4.25. The standard InChI is InChI=1S/C28H32N4O2/c29-15-22-10-17-8-21(9-17)32(22)26(33)25(31-24-6-5-20-3-1-2-4-23(20)30-24)27-11-18-7-19(12-27)14-28(34,13-18)16-27/h1-6,17-19,21-22,25,34H,7-14,16H2,(H,30,31)/t17?,18-,19?,21?,22+,25-,27?,28?/m1/s1. The molecule has 0 spiro atoms. The minimum absolute atomic E-state index is 0.0511. The molecule has 6 atom stereocenters. The first-order valence-electron chi connectivity index (χ1n) is 13.0. The molecule has 34 heavy (non-hydrogen) atoms. The van der Waals surface area contributed by atoms with Crippen LogP contribution in [0.2, 0.25) is 0 Å². The van der Waals surface area contributed by atoms with Gasteiger partial charge in [0.25, 0.3) is 0 Å². The summed E-state index contributed by atoms with van der Waals surface area (Å²) in [6.07, 6.45) is 8.37. The zero-order chi connectivity index (χ0) is 23.1. The Morgan fingerprint density at radius 3 is 2.56 bits per heavy atom. The Bertz CT molecular complexity index is 1180. The van der Waals surface area contributed by atoms with Crippen LogP contribution < -0.4 is 5.32 Å². The summed E-state index contributed by atoms with van der Waals surface area (Å²) in [5.74, 6) is 2.31. The number of carbonyl (C=O) groups is 1. The second-order valence-corrected chi connectivity index (χ2v) is 12.1. The number of para-hydroxylation sites is 1. The highest BCUT2D eigenvalue weighted by molar-refractivity contribution is 5.88. The molecule has 1 aromatic heterocycles. The van der Waals surface area contributed by atoms with Crippen LogP contribution >= 0.6 is 0 Å². The number of hydrogen-bond donors (Lipinski definition) is 2. The van der Waals surface area contributed by atoms with Crippen LogP contribution in [0.5, 0.6) is 0 Å². The molecule has 7 fully saturated rings. The third-order valence-corrected chi connectivity index (χ3v) is 9.73. The number of hydrogen-bond acceptors (Lipinski definition) is 5. The van der Waals surface area contributed by atoms with E-state index in [2.05, 4.69) is 17.5 Å². The zero-order valence-corrected chi connectivity index (χ0v) is 19.5. The molecule has 2 N–H and O–H groups in total. The van der Waals surface area contributed by atoms with Gasteiger partial charge in [0.05, 0.1) is 17.2 Å². The van der Waals surface area contributed by atoms with Crippen LogP contribution in [0, 0.1) is 34.5 Å². The van der Waals surface area contributed by atoms with Gasteiger partial charge >= 0.3 is 0 Å². The van der Waals surface area contributed by atoms with Crippen LogP contribution in [0.25, 0.3) is 10.9 Å². The lowest BCUT2D eigenvalue weighted by atomic mass is 9.46. The summed E-state index contributed by atoms with van der Waals surface area (Å²) >= 11 is 0. The van der Waals surface area contributed by atoms with E-state index in [0.717, 1.165) is 55.8 Å². The largest absolute Gasteiger partial charge is 0.390 e. The monoisotopic (exact) mass is 456 g/mol. The first kappa shape index (κ1) is 20.7. The van der Waals surface area contributed by atoms with Crippen molar-refractivity contribution in [2.24, 2.45) is 23.2 Å². The number of nitrogens with zero attached hydrogens (tertiary/aromatic N) is 3. The molecule has 1 aromatic carbocycles. The lowest BCUT2D eigenvalue weighted by Gasteiger charge is -2.63. The summed E-state index contributed by atoms with van der Waals surface area (Å²) in [6.45, 7) is 0. The van der Waals surface area contributed by atoms with Gasteiger partial charge in [0.2, 0.25) is 5.91 Å². The van der Waals surface area contributed by atoms with Crippen molar-refractivity contribution in [2.75, 3.05) is 5.32 Å². The second-order valence-electron chi connectivity index (χ2n) is 12.1. The summed E-state index contributed by atoms with van der Waals surface area (Å²) in [5.41, 5.74) is -0.0409. The molecule has 6 nitrogen and oxygen atoms in total. The van der Waals surface area contributed by atoms with Gasteiger partial charge in [-0.1, -0.05) is 18.2 Å². The lowest BCUT2D eigenvalue weighted by Crippen LogP contribution is -2.67. The van der Waals surface area contributed by atoms with Crippen molar-refractivity contribution in [3.63, 3.8) is 0 Å². The maximum absolute atomic E-state index is 14.4. The Kier molecular flexibility index (Phi) is 4.37. The molecule has 2 saturated heterocycles. The van der Waals surface area contributed by atoms with E-state index in [4.69, 9.17) is 4.98 Å². The molecule has 5 aliphatic carbocycles. The summed E-state index contributed by atoms with van der Waals surface area (Å²) in [6, 6.07) is 13.9. The van der Waals surface area contributed by atoms with Crippen LogP contribution in [0.3, 0.4) is 0 Å². The molecule has 2 aromatic rings. The quantitative estimate of drug-likeness (QED) is 0.718. The van der Waals surface area contributed by atoms with Gasteiger partial charge < -0.3 is 15.3 Å². The van der Waals surface area contributed by atoms with E-state index >= 15 is 0 Å². The van der Waals surface area contributed by atoms with E-state index in [0.29, 0.717) is 30.0 Å². The molecule has 7 aliphatic rings. The van der Waals surface area contributed by atoms with Gasteiger partial charge in [-0.25, -0.2) is 4.98 Å². The number of nitriles is 1. The SMILES string of the molecule is N#C[C@@H]1CC2CC(C2)N1C(=O)[C@@H](Nc1ccc2ccccc2n1)C12CC3C[C@@H](CC(O)(C3)C1)C2. The number of anilines is 1. The highest BCUT2D eigenvalue weighted by Gasteiger charge is 2.62. The molecule has 6 bridgehead atoms. The molecule has 0 radical (unpaired) electrons. The van der Waals surface area contributed by atoms with E-state index in [1.54, 1.807) is 0 Å². The van der Waals surface area contributed by atoms with E-state index in [-0.39, 0.29) is 23.4 Å². The summed E-state index contributed by atoms with van der Waals surface area (Å²) in [4.78, 5) is 21.2. The van der Waals surface area contributed by atoms with Gasteiger partial charge in [0, 0.05) is 16.8 Å². The fourth-order valence-electron chi connectivity index (χ4n) is 8.79. The highest BCUT2D eigenvalue weighted by Crippen LogP contribution is 2.63. The molecule has 176 valence electrons. The van der Waals surface area contributed by atoms with Gasteiger partial charge in [-0.3, -0.25) is 4.79 Å². The summed E-state index contributed by atoms with van der Waals surface area (Å²) in [5, 5.41) is 26.0. The van der Waals surface area contributed by atoms with Crippen LogP contribution in [-0.2, 0) is 4.79 Å². The number of aromatic nitrogens is 1. The third-order valence-electron chi connectivity index (χ3n) is 9.73. The number of rotatable bonds is 4. The van der Waals surface area contributed by atoms with E-state index < -0.39 is 11.6 Å². The topological polar surface area (TPSA) is 89.3 Å². The van der Waals surface area contributed by atoms with Gasteiger partial charge in [0.15, 0.2) is 0 Å². The van der Waals surface area contributed by atoms with Crippen molar-refractivity contribution in [1.29, 1.82) is 5.26 Å². The van der Waals surface area contributed by atoms with Crippen LogP contribution in [0.15, 0.2) is 36.4 Å². The fourth-order valence-corrected chi connectivity index (χ4v) is 8.79. The number of aliphatic hydroxyl groups is 1. The number of carbonyl (C=O) groups excluding carboxylic acids is 1. The molecule has 3 heterocycles. The average molecular weight is 457 g/mol. The van der Waals surface area contributed by atoms with Gasteiger partial charge in [-0.05, 0) is 93.7 Å². The van der Waals surface area contributed by atoms with Gasteiger partial charge in [-0.2, -0.15) is 5.26 Å². The molecule has 5 saturated carbocycles. The fraction of sp³-hybridized carbons (Fsp3) is 0.607. The number of fused-ring (bicyclic) bond motifs is 3. The number of amides is 1. The normalized spacial score (nSPS) is 40.5. The number of benzene rings is 1. The molecular formula is C28H32N4O2. The van der Waals surface area contributed by atoms with Crippen LogP contribution in [0.1, 0.15) is 57.8 Å². The van der Waals surface area contributed by atoms with Crippen LogP contribution in [-0.4, -0.2) is 44.6 Å². The smallest absolute Gasteiger partial charge is 0.247 e. The highest BCUT2D eigenvalue weighted by atomic mass is 16.3. The molecule has 1 amide bonds. The van der Waals surface area contributed by atoms with Crippen molar-refractivity contribution in [3.8, 4) is 6.07 Å². The minimum atomic E-state index is -0.654. The van der Waals surface area contributed by atoms with Crippen molar-refractivity contribution in [1.82, 2.24) is 9.88 Å². The first-order valence-corrected chi connectivity index (χ1v) is 13.0. The predicted molar refractivity (Wildman–Crippen MR) is 129 cm³/mol. The van der Waals surface area contributed by atoms with Crippen molar-refractivity contribution >= 4 is 22.6 Å². The summed E-state index contributed by atoms with van der Waals surface area (Å²) < 4.78 is 0. The van der Waals surface area contributed by atoms with Crippen LogP contribution in [0.4, 0.5) is 5.82 Å². The molecule has 6 heteroatoms. The van der Waals surface area contributed by atoms with Gasteiger partial charge in [-0.15, -0.1) is 0 Å². The molecule has 3 unspecified atom stereocenters.